The zero-order valence-electron chi connectivity index (χ0n) is 11.1. The first kappa shape index (κ1) is 14.8. The van der Waals surface area contributed by atoms with Crippen LogP contribution in [0.5, 0.6) is 5.75 Å². The zero-order chi connectivity index (χ0) is 14.4. The number of aromatic hydroxyl groups is 1. The average Bonchev–Trinajstić information content (AvgIpc) is 2.40. The number of rotatable bonds is 5. The Morgan fingerprint density at radius 3 is 2.68 bits per heavy atom. The molecule has 0 saturated carbocycles. The summed E-state index contributed by atoms with van der Waals surface area (Å²) in [5.41, 5.74) is 5.99. The molecule has 19 heavy (non-hydrogen) atoms. The predicted octanol–water partition coefficient (Wildman–Crippen LogP) is 0.918. The molecule has 6 heteroatoms. The van der Waals surface area contributed by atoms with E-state index in [-0.39, 0.29) is 30.0 Å². The molecule has 4 N–H and O–H groups in total. The van der Waals surface area contributed by atoms with Crippen LogP contribution >= 0.6 is 0 Å². The second kappa shape index (κ2) is 6.63. The molecular formula is C13H19N3O3. The van der Waals surface area contributed by atoms with Gasteiger partial charge in [-0.1, -0.05) is 23.4 Å². The highest BCUT2D eigenvalue weighted by atomic mass is 16.4. The molecule has 0 aromatic heterocycles. The van der Waals surface area contributed by atoms with Gasteiger partial charge in [0, 0.05) is 25.1 Å². The highest BCUT2D eigenvalue weighted by Crippen LogP contribution is 2.17. The van der Waals surface area contributed by atoms with Crippen LogP contribution < -0.4 is 5.73 Å². The molecule has 0 aliphatic rings. The molecule has 0 radical (unpaired) electrons. The minimum Gasteiger partial charge on any atom is -0.508 e. The number of para-hydroxylation sites is 1. The summed E-state index contributed by atoms with van der Waals surface area (Å²) in [6, 6.07) is 6.53. The fraction of sp³-hybridized carbons (Fsp3) is 0.385. The molecule has 0 fully saturated rings. The number of hydrogen-bond donors (Lipinski definition) is 3. The zero-order valence-corrected chi connectivity index (χ0v) is 11.1. The van der Waals surface area contributed by atoms with Crippen molar-refractivity contribution in [3.05, 3.63) is 29.8 Å². The summed E-state index contributed by atoms with van der Waals surface area (Å²) in [5.74, 6) is 0.0442. The number of carbonyl (C=O) groups is 1. The van der Waals surface area contributed by atoms with Crippen molar-refractivity contribution < 1.29 is 15.1 Å². The Balaban J connectivity index is 2.65. The van der Waals surface area contributed by atoms with Crippen LogP contribution in [0.2, 0.25) is 0 Å². The minimum atomic E-state index is -0.186. The van der Waals surface area contributed by atoms with E-state index in [9.17, 15) is 9.90 Å². The van der Waals surface area contributed by atoms with Crippen molar-refractivity contribution in [2.45, 2.75) is 25.8 Å². The standard InChI is InChI=1S/C13H19N3O3/c1-9(7-12(14)15-19)16(2)13(18)8-10-5-3-4-6-11(10)17/h3-6,9,17,19H,7-8H2,1-2H3,(H2,14,15). The highest BCUT2D eigenvalue weighted by Gasteiger charge is 2.18. The van der Waals surface area contributed by atoms with Crippen LogP contribution in [0.25, 0.3) is 0 Å². The number of phenols is 1. The van der Waals surface area contributed by atoms with Crippen LogP contribution in [-0.4, -0.2) is 40.0 Å². The van der Waals surface area contributed by atoms with Crippen LogP contribution in [-0.2, 0) is 11.2 Å². The van der Waals surface area contributed by atoms with E-state index in [0.29, 0.717) is 12.0 Å². The molecule has 1 aromatic rings. The van der Waals surface area contributed by atoms with Crippen molar-refractivity contribution in [2.24, 2.45) is 10.9 Å². The number of amides is 1. The first-order valence-electron chi connectivity index (χ1n) is 5.94. The number of nitrogens with zero attached hydrogens (tertiary/aromatic N) is 2. The second-order valence-electron chi connectivity index (χ2n) is 4.45. The van der Waals surface area contributed by atoms with E-state index in [1.165, 1.54) is 4.90 Å². The van der Waals surface area contributed by atoms with Crippen molar-refractivity contribution in [2.75, 3.05) is 7.05 Å². The van der Waals surface area contributed by atoms with Gasteiger partial charge in [0.25, 0.3) is 0 Å². The van der Waals surface area contributed by atoms with E-state index in [1.54, 1.807) is 38.2 Å². The second-order valence-corrected chi connectivity index (χ2v) is 4.45. The lowest BCUT2D eigenvalue weighted by molar-refractivity contribution is -0.130. The van der Waals surface area contributed by atoms with Gasteiger partial charge in [0.15, 0.2) is 0 Å². The van der Waals surface area contributed by atoms with Crippen LogP contribution in [0, 0.1) is 0 Å². The molecule has 6 nitrogen and oxygen atoms in total. The Bertz CT molecular complexity index is 474. The number of carbonyl (C=O) groups excluding carboxylic acids is 1. The lowest BCUT2D eigenvalue weighted by atomic mass is 10.1. The van der Waals surface area contributed by atoms with Gasteiger partial charge in [0.1, 0.15) is 11.6 Å². The topological polar surface area (TPSA) is 99.2 Å². The van der Waals surface area contributed by atoms with Gasteiger partial charge in [0.2, 0.25) is 5.91 Å². The van der Waals surface area contributed by atoms with Gasteiger partial charge < -0.3 is 20.9 Å². The maximum atomic E-state index is 12.0. The fourth-order valence-corrected chi connectivity index (χ4v) is 1.67. The number of oxime groups is 1. The number of phenolic OH excluding ortho intramolecular Hbond substituents is 1. The van der Waals surface area contributed by atoms with Crippen LogP contribution in [0.3, 0.4) is 0 Å². The Kier molecular flexibility index (Phi) is 5.17. The molecule has 0 aliphatic heterocycles. The molecule has 1 atom stereocenters. The van der Waals surface area contributed by atoms with Crippen molar-refractivity contribution in [3.8, 4) is 5.75 Å². The fourth-order valence-electron chi connectivity index (χ4n) is 1.67. The third-order valence-electron chi connectivity index (χ3n) is 3.02. The highest BCUT2D eigenvalue weighted by molar-refractivity contribution is 5.82. The minimum absolute atomic E-state index is 0.0784. The van der Waals surface area contributed by atoms with E-state index in [4.69, 9.17) is 10.9 Å². The number of hydrogen-bond acceptors (Lipinski definition) is 4. The van der Waals surface area contributed by atoms with Crippen LogP contribution in [0.4, 0.5) is 0 Å². The third-order valence-corrected chi connectivity index (χ3v) is 3.02. The van der Waals surface area contributed by atoms with Gasteiger partial charge in [-0.2, -0.15) is 0 Å². The Morgan fingerprint density at radius 2 is 2.11 bits per heavy atom. The van der Waals surface area contributed by atoms with Gasteiger partial charge in [0.05, 0.1) is 6.42 Å². The maximum absolute atomic E-state index is 12.0. The molecule has 104 valence electrons. The number of benzene rings is 1. The van der Waals surface area contributed by atoms with Crippen molar-refractivity contribution >= 4 is 11.7 Å². The van der Waals surface area contributed by atoms with Gasteiger partial charge in [-0.3, -0.25) is 4.79 Å². The molecule has 0 bridgehead atoms. The first-order valence-corrected chi connectivity index (χ1v) is 5.94. The molecule has 1 aromatic carbocycles. The summed E-state index contributed by atoms with van der Waals surface area (Å²) in [6.45, 7) is 1.81. The average molecular weight is 265 g/mol. The maximum Gasteiger partial charge on any atom is 0.227 e. The summed E-state index contributed by atoms with van der Waals surface area (Å²) < 4.78 is 0. The van der Waals surface area contributed by atoms with E-state index >= 15 is 0 Å². The number of amidine groups is 1. The number of likely N-dealkylation sites (N-methyl/N-ethyl adjacent to an activating group) is 1. The summed E-state index contributed by atoms with van der Waals surface area (Å²) in [4.78, 5) is 13.6. The summed E-state index contributed by atoms with van der Waals surface area (Å²) in [5, 5.41) is 21.0. The monoisotopic (exact) mass is 265 g/mol. The predicted molar refractivity (Wildman–Crippen MR) is 72.1 cm³/mol. The van der Waals surface area contributed by atoms with Gasteiger partial charge in [-0.25, -0.2) is 0 Å². The smallest absolute Gasteiger partial charge is 0.227 e. The number of nitrogens with two attached hydrogens (primary N) is 1. The lowest BCUT2D eigenvalue weighted by Crippen LogP contribution is -2.38. The molecular weight excluding hydrogens is 246 g/mol. The van der Waals surface area contributed by atoms with E-state index in [2.05, 4.69) is 5.16 Å². The Labute approximate surface area is 112 Å². The SMILES string of the molecule is CC(C/C(N)=N/O)N(C)C(=O)Cc1ccccc1O. The Hall–Kier alpha value is -2.24. The summed E-state index contributed by atoms with van der Waals surface area (Å²) in [7, 11) is 1.65. The molecule has 1 unspecified atom stereocenters. The van der Waals surface area contributed by atoms with Crippen molar-refractivity contribution in [3.63, 3.8) is 0 Å². The third kappa shape index (κ3) is 4.17. The van der Waals surface area contributed by atoms with Gasteiger partial charge in [-0.05, 0) is 13.0 Å². The van der Waals surface area contributed by atoms with E-state index < -0.39 is 0 Å². The van der Waals surface area contributed by atoms with Crippen LogP contribution in [0.1, 0.15) is 18.9 Å². The molecule has 0 heterocycles. The largest absolute Gasteiger partial charge is 0.508 e. The molecule has 0 aliphatic carbocycles. The van der Waals surface area contributed by atoms with Crippen LogP contribution in [0.15, 0.2) is 29.4 Å². The summed E-state index contributed by atoms with van der Waals surface area (Å²) in [6.07, 6.45) is 0.406. The molecule has 0 saturated heterocycles. The Morgan fingerprint density at radius 1 is 1.47 bits per heavy atom. The quantitative estimate of drug-likeness (QED) is 0.319. The molecule has 0 spiro atoms. The van der Waals surface area contributed by atoms with E-state index in [0.717, 1.165) is 0 Å². The molecule has 1 rings (SSSR count). The molecule has 1 amide bonds. The first-order chi connectivity index (χ1) is 8.95. The van der Waals surface area contributed by atoms with Gasteiger partial charge >= 0.3 is 0 Å². The normalized spacial score (nSPS) is 13.1. The lowest BCUT2D eigenvalue weighted by Gasteiger charge is -2.24. The van der Waals surface area contributed by atoms with Gasteiger partial charge in [-0.15, -0.1) is 0 Å². The summed E-state index contributed by atoms with van der Waals surface area (Å²) >= 11 is 0. The van der Waals surface area contributed by atoms with E-state index in [1.807, 2.05) is 0 Å². The van der Waals surface area contributed by atoms with Crippen molar-refractivity contribution in [1.82, 2.24) is 4.90 Å². The van der Waals surface area contributed by atoms with Crippen molar-refractivity contribution in [1.29, 1.82) is 0 Å².